The summed E-state index contributed by atoms with van der Waals surface area (Å²) in [5, 5.41) is 5.97. The average molecular weight is 329 g/mol. The highest BCUT2D eigenvalue weighted by Crippen LogP contribution is 2.37. The molecule has 3 atom stereocenters. The van der Waals surface area contributed by atoms with E-state index >= 15 is 0 Å². The molecule has 24 heavy (non-hydrogen) atoms. The summed E-state index contributed by atoms with van der Waals surface area (Å²) in [4.78, 5) is 25.8. The number of nitrogens with one attached hydrogen (secondary N) is 2. The summed E-state index contributed by atoms with van der Waals surface area (Å²) >= 11 is 0. The van der Waals surface area contributed by atoms with Crippen molar-refractivity contribution in [1.82, 2.24) is 15.5 Å². The third-order valence-corrected chi connectivity index (χ3v) is 5.42. The second-order valence-corrected chi connectivity index (χ2v) is 7.15. The van der Waals surface area contributed by atoms with Gasteiger partial charge in [-0.1, -0.05) is 30.3 Å². The van der Waals surface area contributed by atoms with Crippen LogP contribution in [-0.4, -0.2) is 49.4 Å². The molecule has 0 spiro atoms. The maximum Gasteiger partial charge on any atom is 0.234 e. The van der Waals surface area contributed by atoms with Crippen LogP contribution >= 0.6 is 0 Å². The quantitative estimate of drug-likeness (QED) is 0.824. The molecule has 2 amide bonds. The molecule has 1 aliphatic carbocycles. The summed E-state index contributed by atoms with van der Waals surface area (Å²) in [5.41, 5.74) is 1.24. The van der Waals surface area contributed by atoms with Gasteiger partial charge in [-0.2, -0.15) is 0 Å². The van der Waals surface area contributed by atoms with E-state index in [4.69, 9.17) is 0 Å². The minimum Gasteiger partial charge on any atom is -0.356 e. The number of hydrogen-bond acceptors (Lipinski definition) is 3. The summed E-state index contributed by atoms with van der Waals surface area (Å²) in [6.07, 6.45) is 3.63. The number of rotatable bonds is 6. The number of hydrogen-bond donors (Lipinski definition) is 2. The normalized spacial score (nSPS) is 26.1. The summed E-state index contributed by atoms with van der Waals surface area (Å²) in [6.45, 7) is 1.91. The van der Waals surface area contributed by atoms with E-state index in [0.29, 0.717) is 37.4 Å². The molecule has 1 saturated carbocycles. The molecule has 0 radical (unpaired) electrons. The van der Waals surface area contributed by atoms with Gasteiger partial charge in [0.2, 0.25) is 11.8 Å². The molecule has 3 rings (SSSR count). The highest BCUT2D eigenvalue weighted by Gasteiger charge is 2.39. The Morgan fingerprint density at radius 1 is 1.25 bits per heavy atom. The second-order valence-electron chi connectivity index (χ2n) is 7.15. The number of benzene rings is 1. The van der Waals surface area contributed by atoms with E-state index in [9.17, 15) is 9.59 Å². The van der Waals surface area contributed by atoms with E-state index in [2.05, 4.69) is 27.7 Å². The molecular formula is C19H27N3O2. The lowest BCUT2D eigenvalue weighted by Gasteiger charge is -2.24. The van der Waals surface area contributed by atoms with Crippen molar-refractivity contribution in [3.8, 4) is 0 Å². The Kier molecular flexibility index (Phi) is 5.51. The maximum absolute atomic E-state index is 12.1. The maximum atomic E-state index is 12.1. The van der Waals surface area contributed by atoms with Crippen LogP contribution in [0.1, 0.15) is 24.8 Å². The fourth-order valence-corrected chi connectivity index (χ4v) is 4.00. The first-order valence-electron chi connectivity index (χ1n) is 8.89. The van der Waals surface area contributed by atoms with Crippen LogP contribution in [0.3, 0.4) is 0 Å². The van der Waals surface area contributed by atoms with E-state index < -0.39 is 0 Å². The summed E-state index contributed by atoms with van der Waals surface area (Å²) in [7, 11) is 2.02. The van der Waals surface area contributed by atoms with Crippen LogP contribution in [0.2, 0.25) is 0 Å². The van der Waals surface area contributed by atoms with Gasteiger partial charge in [0.25, 0.3) is 0 Å². The van der Waals surface area contributed by atoms with Gasteiger partial charge in [-0.05, 0) is 43.7 Å². The largest absolute Gasteiger partial charge is 0.356 e. The predicted molar refractivity (Wildman–Crippen MR) is 93.4 cm³/mol. The van der Waals surface area contributed by atoms with Gasteiger partial charge in [0.15, 0.2) is 0 Å². The van der Waals surface area contributed by atoms with E-state index in [1.807, 2.05) is 25.2 Å². The molecular weight excluding hydrogens is 302 g/mol. The first kappa shape index (κ1) is 17.0. The topological polar surface area (TPSA) is 61.4 Å². The first-order chi connectivity index (χ1) is 11.6. The lowest BCUT2D eigenvalue weighted by atomic mass is 9.89. The predicted octanol–water partition coefficient (Wildman–Crippen LogP) is 1.19. The lowest BCUT2D eigenvalue weighted by molar-refractivity contribution is -0.124. The molecule has 5 heteroatoms. The Hall–Kier alpha value is -1.88. The summed E-state index contributed by atoms with van der Waals surface area (Å²) in [5.74, 6) is 1.33. The van der Waals surface area contributed by atoms with Gasteiger partial charge in [-0.25, -0.2) is 0 Å². The molecule has 1 aromatic rings. The zero-order chi connectivity index (χ0) is 16.9. The van der Waals surface area contributed by atoms with Crippen molar-refractivity contribution < 1.29 is 9.59 Å². The van der Waals surface area contributed by atoms with Crippen LogP contribution < -0.4 is 10.6 Å². The van der Waals surface area contributed by atoms with E-state index in [1.165, 1.54) is 5.56 Å². The Morgan fingerprint density at radius 2 is 2.00 bits per heavy atom. The van der Waals surface area contributed by atoms with E-state index in [-0.39, 0.29) is 11.8 Å². The van der Waals surface area contributed by atoms with Crippen LogP contribution in [0.4, 0.5) is 0 Å². The highest BCUT2D eigenvalue weighted by atomic mass is 16.2. The van der Waals surface area contributed by atoms with Crippen LogP contribution in [0, 0.1) is 11.8 Å². The molecule has 130 valence electrons. The Balaban J connectivity index is 1.39. The summed E-state index contributed by atoms with van der Waals surface area (Å²) in [6, 6.07) is 10.6. The molecule has 2 aliphatic rings. The van der Waals surface area contributed by atoms with Crippen molar-refractivity contribution in [1.29, 1.82) is 0 Å². The number of fused-ring (bicyclic) bond motifs is 1. The number of carbonyl (C=O) groups is 2. The van der Waals surface area contributed by atoms with Crippen molar-refractivity contribution in [3.05, 3.63) is 35.9 Å². The van der Waals surface area contributed by atoms with Gasteiger partial charge in [0, 0.05) is 25.6 Å². The Labute approximate surface area is 143 Å². The number of piperidine rings is 1. The van der Waals surface area contributed by atoms with Crippen molar-refractivity contribution in [2.45, 2.75) is 31.7 Å². The number of carbonyl (C=O) groups excluding carboxylic acids is 2. The second kappa shape index (κ2) is 7.79. The molecule has 5 nitrogen and oxygen atoms in total. The van der Waals surface area contributed by atoms with Crippen molar-refractivity contribution in [3.63, 3.8) is 0 Å². The first-order valence-corrected chi connectivity index (χ1v) is 8.89. The van der Waals surface area contributed by atoms with Gasteiger partial charge in [-0.15, -0.1) is 0 Å². The fourth-order valence-electron chi connectivity index (χ4n) is 4.00. The SMILES string of the molecule is CN(CC(=O)NCCc1ccccc1)[C@H]1C[C@H]2CNC(=O)C[C@H]2C1. The molecule has 1 aliphatic heterocycles. The fraction of sp³-hybridized carbons (Fsp3) is 0.579. The van der Waals surface area contributed by atoms with Crippen LogP contribution in [0.25, 0.3) is 0 Å². The molecule has 1 saturated heterocycles. The summed E-state index contributed by atoms with van der Waals surface area (Å²) < 4.78 is 0. The monoisotopic (exact) mass is 329 g/mol. The standard InChI is InChI=1S/C19H27N3O2/c1-22(17-9-15-11-18(23)21-12-16(15)10-17)13-19(24)20-8-7-14-5-3-2-4-6-14/h2-6,15-17H,7-13H2,1H3,(H,20,24)(H,21,23)/t15-,16+,17-/m1/s1. The zero-order valence-electron chi connectivity index (χ0n) is 14.3. The van der Waals surface area contributed by atoms with Gasteiger partial charge in [-0.3, -0.25) is 14.5 Å². The van der Waals surface area contributed by atoms with Gasteiger partial charge in [0.1, 0.15) is 0 Å². The smallest absolute Gasteiger partial charge is 0.234 e. The molecule has 0 aromatic heterocycles. The van der Waals surface area contributed by atoms with Gasteiger partial charge in [0.05, 0.1) is 6.54 Å². The minimum atomic E-state index is 0.0810. The third kappa shape index (κ3) is 4.35. The van der Waals surface area contributed by atoms with Gasteiger partial charge >= 0.3 is 0 Å². The van der Waals surface area contributed by atoms with E-state index in [0.717, 1.165) is 25.8 Å². The van der Waals surface area contributed by atoms with Crippen molar-refractivity contribution in [2.24, 2.45) is 11.8 Å². The molecule has 1 aromatic carbocycles. The van der Waals surface area contributed by atoms with Crippen molar-refractivity contribution >= 4 is 11.8 Å². The molecule has 0 unspecified atom stereocenters. The molecule has 1 heterocycles. The van der Waals surface area contributed by atoms with Crippen LogP contribution in [0.15, 0.2) is 30.3 Å². The number of nitrogens with zero attached hydrogens (tertiary/aromatic N) is 1. The Morgan fingerprint density at radius 3 is 2.79 bits per heavy atom. The molecule has 2 fully saturated rings. The zero-order valence-corrected chi connectivity index (χ0v) is 14.3. The lowest BCUT2D eigenvalue weighted by Crippen LogP contribution is -2.40. The Bertz CT molecular complexity index is 575. The molecule has 0 bridgehead atoms. The average Bonchev–Trinajstić information content (AvgIpc) is 2.99. The van der Waals surface area contributed by atoms with E-state index in [1.54, 1.807) is 0 Å². The van der Waals surface area contributed by atoms with Crippen molar-refractivity contribution in [2.75, 3.05) is 26.7 Å². The van der Waals surface area contributed by atoms with Crippen LogP contribution in [-0.2, 0) is 16.0 Å². The third-order valence-electron chi connectivity index (χ3n) is 5.42. The number of amides is 2. The number of likely N-dealkylation sites (N-methyl/N-ethyl adjacent to an activating group) is 1. The molecule has 2 N–H and O–H groups in total. The minimum absolute atomic E-state index is 0.0810. The van der Waals surface area contributed by atoms with Crippen LogP contribution in [0.5, 0.6) is 0 Å². The highest BCUT2D eigenvalue weighted by molar-refractivity contribution is 5.78. The van der Waals surface area contributed by atoms with Gasteiger partial charge < -0.3 is 10.6 Å².